The Balaban J connectivity index is 1.62. The summed E-state index contributed by atoms with van der Waals surface area (Å²) in [5, 5.41) is 0. The molecule has 0 aliphatic heterocycles. The number of aryl methyl sites for hydroxylation is 1. The van der Waals surface area contributed by atoms with Gasteiger partial charge >= 0.3 is 5.97 Å². The van der Waals surface area contributed by atoms with Gasteiger partial charge in [0.2, 0.25) is 0 Å². The van der Waals surface area contributed by atoms with E-state index in [0.29, 0.717) is 11.3 Å². The minimum atomic E-state index is -0.364. The van der Waals surface area contributed by atoms with Crippen molar-refractivity contribution in [3.8, 4) is 5.75 Å². The Kier molecular flexibility index (Phi) is 5.39. The Morgan fingerprint density at radius 1 is 0.621 bits per heavy atom. The van der Waals surface area contributed by atoms with Crippen LogP contribution in [0.2, 0.25) is 0 Å². The van der Waals surface area contributed by atoms with Crippen LogP contribution in [0.1, 0.15) is 15.9 Å². The van der Waals surface area contributed by atoms with Gasteiger partial charge in [-0.2, -0.15) is 0 Å². The molecule has 0 amide bonds. The highest BCUT2D eigenvalue weighted by atomic mass is 16.5. The van der Waals surface area contributed by atoms with E-state index < -0.39 is 0 Å². The summed E-state index contributed by atoms with van der Waals surface area (Å²) in [7, 11) is 0. The zero-order valence-corrected chi connectivity index (χ0v) is 16.2. The van der Waals surface area contributed by atoms with Crippen molar-refractivity contribution in [1.29, 1.82) is 0 Å². The predicted molar refractivity (Wildman–Crippen MR) is 117 cm³/mol. The second-order valence-electron chi connectivity index (χ2n) is 6.76. The summed E-state index contributed by atoms with van der Waals surface area (Å²) in [6.45, 7) is 2.08. The molecule has 142 valence electrons. The zero-order chi connectivity index (χ0) is 20.1. The molecule has 4 aromatic rings. The molecule has 0 unspecified atom stereocenters. The lowest BCUT2D eigenvalue weighted by molar-refractivity contribution is 0.0735. The molecule has 4 aromatic carbocycles. The topological polar surface area (TPSA) is 29.5 Å². The Morgan fingerprint density at radius 2 is 1.10 bits per heavy atom. The summed E-state index contributed by atoms with van der Waals surface area (Å²) in [6, 6.07) is 35.1. The van der Waals surface area contributed by atoms with Gasteiger partial charge in [-0.3, -0.25) is 0 Å². The maximum Gasteiger partial charge on any atom is 0.343 e. The highest BCUT2D eigenvalue weighted by Gasteiger charge is 2.13. The van der Waals surface area contributed by atoms with Crippen LogP contribution in [0, 0.1) is 6.92 Å². The largest absolute Gasteiger partial charge is 0.423 e. The molecular weight excluding hydrogens is 358 g/mol. The van der Waals surface area contributed by atoms with Gasteiger partial charge in [0.05, 0.1) is 5.56 Å². The average Bonchev–Trinajstić information content (AvgIpc) is 2.78. The van der Waals surface area contributed by atoms with E-state index in [-0.39, 0.29) is 5.97 Å². The van der Waals surface area contributed by atoms with Crippen molar-refractivity contribution in [2.75, 3.05) is 4.90 Å². The van der Waals surface area contributed by atoms with E-state index in [0.717, 1.165) is 17.1 Å². The van der Waals surface area contributed by atoms with Crippen LogP contribution in [0.5, 0.6) is 5.75 Å². The number of carbonyl (C=O) groups excluding carboxylic acids is 1. The molecular formula is C26H21NO2. The molecule has 3 nitrogen and oxygen atoms in total. The van der Waals surface area contributed by atoms with Crippen LogP contribution < -0.4 is 9.64 Å². The smallest absolute Gasteiger partial charge is 0.343 e. The van der Waals surface area contributed by atoms with Crippen LogP contribution in [0.25, 0.3) is 0 Å². The number of hydrogen-bond donors (Lipinski definition) is 0. The molecule has 29 heavy (non-hydrogen) atoms. The van der Waals surface area contributed by atoms with Crippen molar-refractivity contribution < 1.29 is 9.53 Å². The first-order valence-corrected chi connectivity index (χ1v) is 9.50. The van der Waals surface area contributed by atoms with E-state index in [1.807, 2.05) is 60.7 Å². The molecule has 0 N–H and O–H groups in total. The molecule has 3 heteroatoms. The minimum absolute atomic E-state index is 0.364. The molecule has 0 fully saturated rings. The monoisotopic (exact) mass is 379 g/mol. The SMILES string of the molecule is Cc1ccc(N(c2ccccc2)c2ccc(OC(=O)c3ccccc3)cc2)cc1. The standard InChI is InChI=1S/C26H21NO2/c1-20-12-14-23(15-13-20)27(22-10-6-3-7-11-22)24-16-18-25(19-17-24)29-26(28)21-8-4-2-5-9-21/h2-19H,1H3. The maximum absolute atomic E-state index is 12.3. The van der Waals surface area contributed by atoms with Crippen LogP contribution in [0.4, 0.5) is 17.1 Å². The van der Waals surface area contributed by atoms with Crippen molar-refractivity contribution in [2.24, 2.45) is 0 Å². The van der Waals surface area contributed by atoms with Crippen molar-refractivity contribution in [1.82, 2.24) is 0 Å². The van der Waals surface area contributed by atoms with E-state index in [1.54, 1.807) is 12.1 Å². The second-order valence-corrected chi connectivity index (χ2v) is 6.76. The first-order chi connectivity index (χ1) is 14.2. The Morgan fingerprint density at radius 3 is 1.69 bits per heavy atom. The number of para-hydroxylation sites is 1. The number of esters is 1. The molecule has 0 heterocycles. The van der Waals surface area contributed by atoms with Crippen LogP contribution in [0.3, 0.4) is 0 Å². The van der Waals surface area contributed by atoms with E-state index in [9.17, 15) is 4.79 Å². The molecule has 0 atom stereocenters. The number of hydrogen-bond acceptors (Lipinski definition) is 3. The molecule has 0 aliphatic rings. The Labute approximate surface area is 170 Å². The van der Waals surface area contributed by atoms with Gasteiger partial charge in [-0.15, -0.1) is 0 Å². The molecule has 0 aliphatic carbocycles. The van der Waals surface area contributed by atoms with Gasteiger partial charge in [0, 0.05) is 17.1 Å². The first-order valence-electron chi connectivity index (χ1n) is 9.50. The van der Waals surface area contributed by atoms with E-state index >= 15 is 0 Å². The lowest BCUT2D eigenvalue weighted by Gasteiger charge is -2.25. The van der Waals surface area contributed by atoms with Crippen LogP contribution >= 0.6 is 0 Å². The average molecular weight is 379 g/mol. The number of benzene rings is 4. The summed E-state index contributed by atoms with van der Waals surface area (Å²) in [4.78, 5) is 14.4. The summed E-state index contributed by atoms with van der Waals surface area (Å²) in [6.07, 6.45) is 0. The quantitative estimate of drug-likeness (QED) is 0.286. The zero-order valence-electron chi connectivity index (χ0n) is 16.2. The van der Waals surface area contributed by atoms with Gasteiger partial charge in [0.1, 0.15) is 5.75 Å². The van der Waals surface area contributed by atoms with E-state index in [2.05, 4.69) is 48.2 Å². The van der Waals surface area contributed by atoms with E-state index in [4.69, 9.17) is 4.74 Å². The van der Waals surface area contributed by atoms with Gasteiger partial charge in [0.25, 0.3) is 0 Å². The van der Waals surface area contributed by atoms with Crippen molar-refractivity contribution in [3.63, 3.8) is 0 Å². The van der Waals surface area contributed by atoms with Crippen molar-refractivity contribution >= 4 is 23.0 Å². The van der Waals surface area contributed by atoms with E-state index in [1.165, 1.54) is 5.56 Å². The second kappa shape index (κ2) is 8.44. The Bertz CT molecular complexity index is 1070. The van der Waals surface area contributed by atoms with Crippen LogP contribution in [-0.2, 0) is 0 Å². The minimum Gasteiger partial charge on any atom is -0.423 e. The Hall–Kier alpha value is -3.85. The third-order valence-corrected chi connectivity index (χ3v) is 4.62. The summed E-state index contributed by atoms with van der Waals surface area (Å²) < 4.78 is 5.50. The lowest BCUT2D eigenvalue weighted by Crippen LogP contribution is -2.10. The van der Waals surface area contributed by atoms with Crippen LogP contribution in [0.15, 0.2) is 109 Å². The first kappa shape index (κ1) is 18.5. The molecule has 4 rings (SSSR count). The van der Waals surface area contributed by atoms with Gasteiger partial charge in [-0.1, -0.05) is 54.1 Å². The number of anilines is 3. The molecule has 0 saturated heterocycles. The molecule has 0 bridgehead atoms. The third kappa shape index (κ3) is 4.36. The number of rotatable bonds is 5. The fraction of sp³-hybridized carbons (Fsp3) is 0.0385. The number of nitrogens with zero attached hydrogens (tertiary/aromatic N) is 1. The predicted octanol–water partition coefficient (Wildman–Crippen LogP) is 6.68. The molecule has 0 saturated carbocycles. The molecule has 0 radical (unpaired) electrons. The van der Waals surface area contributed by atoms with Crippen molar-refractivity contribution in [3.05, 3.63) is 120 Å². The van der Waals surface area contributed by atoms with Gasteiger partial charge in [0.15, 0.2) is 0 Å². The summed E-state index contributed by atoms with van der Waals surface area (Å²) >= 11 is 0. The fourth-order valence-corrected chi connectivity index (χ4v) is 3.12. The van der Waals surface area contributed by atoms with Gasteiger partial charge < -0.3 is 9.64 Å². The maximum atomic E-state index is 12.3. The van der Waals surface area contributed by atoms with Crippen molar-refractivity contribution in [2.45, 2.75) is 6.92 Å². The normalized spacial score (nSPS) is 10.4. The van der Waals surface area contributed by atoms with Crippen LogP contribution in [-0.4, -0.2) is 5.97 Å². The fourth-order valence-electron chi connectivity index (χ4n) is 3.12. The van der Waals surface area contributed by atoms with Gasteiger partial charge in [-0.25, -0.2) is 4.79 Å². The summed E-state index contributed by atoms with van der Waals surface area (Å²) in [5.41, 5.74) is 4.85. The lowest BCUT2D eigenvalue weighted by atomic mass is 10.1. The highest BCUT2D eigenvalue weighted by molar-refractivity contribution is 5.91. The highest BCUT2D eigenvalue weighted by Crippen LogP contribution is 2.35. The third-order valence-electron chi connectivity index (χ3n) is 4.62. The molecule has 0 aromatic heterocycles. The number of ether oxygens (including phenoxy) is 1. The summed E-state index contributed by atoms with van der Waals surface area (Å²) in [5.74, 6) is 0.149. The number of carbonyl (C=O) groups is 1. The van der Waals surface area contributed by atoms with Gasteiger partial charge in [-0.05, 0) is 67.6 Å². The molecule has 0 spiro atoms.